The smallest absolute Gasteiger partial charge is 0.270 e. The topological polar surface area (TPSA) is 118 Å². The van der Waals surface area contributed by atoms with Crippen LogP contribution in [0.15, 0.2) is 36.5 Å². The Bertz CT molecular complexity index is 1350. The predicted octanol–water partition coefficient (Wildman–Crippen LogP) is 4.05. The van der Waals surface area contributed by atoms with E-state index in [2.05, 4.69) is 39.8 Å². The zero-order valence-electron chi connectivity index (χ0n) is 26.4. The van der Waals surface area contributed by atoms with Crippen LogP contribution in [0.5, 0.6) is 0 Å². The van der Waals surface area contributed by atoms with Crippen molar-refractivity contribution in [3.63, 3.8) is 0 Å². The van der Waals surface area contributed by atoms with Crippen molar-refractivity contribution in [2.45, 2.75) is 77.3 Å². The molecular formula is C34H48N6O4. The normalized spacial score (nSPS) is 22.9. The van der Waals surface area contributed by atoms with Crippen molar-refractivity contribution in [3.05, 3.63) is 47.8 Å². The van der Waals surface area contributed by atoms with Crippen LogP contribution < -0.4 is 16.0 Å². The van der Waals surface area contributed by atoms with Crippen molar-refractivity contribution in [2.24, 2.45) is 29.7 Å². The van der Waals surface area contributed by atoms with Gasteiger partial charge in [-0.25, -0.2) is 0 Å². The van der Waals surface area contributed by atoms with Gasteiger partial charge in [0.05, 0.1) is 13.2 Å². The summed E-state index contributed by atoms with van der Waals surface area (Å²) in [6.07, 6.45) is 10.5. The Morgan fingerprint density at radius 1 is 1.02 bits per heavy atom. The van der Waals surface area contributed by atoms with Crippen molar-refractivity contribution in [1.82, 2.24) is 25.3 Å². The fraction of sp³-hybridized carbons (Fsp3) is 0.647. The number of benzene rings is 1. The number of hydrogen-bond donors (Lipinski definition) is 3. The van der Waals surface area contributed by atoms with Crippen LogP contribution in [0.2, 0.25) is 0 Å². The van der Waals surface area contributed by atoms with E-state index in [1.165, 1.54) is 11.1 Å². The molecule has 0 bridgehead atoms. The van der Waals surface area contributed by atoms with E-state index in [4.69, 9.17) is 4.74 Å². The maximum atomic E-state index is 14.2. The number of anilines is 1. The first-order valence-electron chi connectivity index (χ1n) is 16.5. The molecule has 4 fully saturated rings. The molecule has 1 saturated heterocycles. The maximum Gasteiger partial charge on any atom is 0.270 e. The zero-order valence-corrected chi connectivity index (χ0v) is 26.4. The monoisotopic (exact) mass is 604 g/mol. The molecule has 3 saturated carbocycles. The molecule has 3 N–H and O–H groups in total. The van der Waals surface area contributed by atoms with Gasteiger partial charge in [0, 0.05) is 38.6 Å². The summed E-state index contributed by atoms with van der Waals surface area (Å²) in [5, 5.41) is 13.7. The van der Waals surface area contributed by atoms with E-state index in [1.54, 1.807) is 19.3 Å². The second-order valence-electron chi connectivity index (χ2n) is 14.2. The third-order valence-corrected chi connectivity index (χ3v) is 10.9. The van der Waals surface area contributed by atoms with Gasteiger partial charge >= 0.3 is 0 Å². The number of carbonyl (C=O) groups is 3. The average molecular weight is 605 g/mol. The molecule has 1 aromatic carbocycles. The van der Waals surface area contributed by atoms with Crippen molar-refractivity contribution < 1.29 is 19.1 Å². The minimum absolute atomic E-state index is 0.0171. The lowest BCUT2D eigenvalue weighted by molar-refractivity contribution is -0.129. The lowest BCUT2D eigenvalue weighted by Gasteiger charge is -2.42. The summed E-state index contributed by atoms with van der Waals surface area (Å²) in [6.45, 7) is 7.64. The molecule has 1 aliphatic heterocycles. The van der Waals surface area contributed by atoms with Crippen LogP contribution in [-0.4, -0.2) is 71.3 Å². The Kier molecular flexibility index (Phi) is 8.84. The SMILES string of the molecule is Cn1nccc1C(=O)N[C@H](C(=O)Nc1cccc(C(C(=O)NCC2(C)CCC2)N2CCOCC2)c1)C(C1CCC1)C1(C)CC1. The number of aromatic nitrogens is 2. The number of morpholine rings is 1. The van der Waals surface area contributed by atoms with Gasteiger partial charge in [0.15, 0.2) is 0 Å². The van der Waals surface area contributed by atoms with Crippen LogP contribution in [0.4, 0.5) is 5.69 Å². The van der Waals surface area contributed by atoms with E-state index in [1.807, 2.05) is 24.3 Å². The summed E-state index contributed by atoms with van der Waals surface area (Å²) >= 11 is 0. The number of hydrogen-bond acceptors (Lipinski definition) is 6. The number of carbonyl (C=O) groups excluding carboxylic acids is 3. The van der Waals surface area contributed by atoms with Gasteiger partial charge in [-0.1, -0.05) is 51.7 Å². The van der Waals surface area contributed by atoms with Crippen LogP contribution in [0, 0.1) is 22.7 Å². The van der Waals surface area contributed by atoms with E-state index in [0.29, 0.717) is 50.1 Å². The zero-order chi connectivity index (χ0) is 30.9. The molecule has 3 atom stereocenters. The largest absolute Gasteiger partial charge is 0.379 e. The van der Waals surface area contributed by atoms with Gasteiger partial charge in [0.2, 0.25) is 11.8 Å². The van der Waals surface area contributed by atoms with E-state index in [9.17, 15) is 14.4 Å². The van der Waals surface area contributed by atoms with Gasteiger partial charge < -0.3 is 20.7 Å². The van der Waals surface area contributed by atoms with E-state index >= 15 is 0 Å². The Balaban J connectivity index is 1.24. The molecule has 0 radical (unpaired) electrons. The van der Waals surface area contributed by atoms with Gasteiger partial charge in [0.25, 0.3) is 5.91 Å². The quantitative estimate of drug-likeness (QED) is 0.337. The highest BCUT2D eigenvalue weighted by atomic mass is 16.5. The van der Waals surface area contributed by atoms with Crippen LogP contribution in [0.3, 0.4) is 0 Å². The summed E-state index contributed by atoms with van der Waals surface area (Å²) in [4.78, 5) is 43.5. The third kappa shape index (κ3) is 6.56. The summed E-state index contributed by atoms with van der Waals surface area (Å²) in [5.74, 6) is -0.0686. The molecule has 3 aliphatic carbocycles. The van der Waals surface area contributed by atoms with Crippen molar-refractivity contribution in [1.29, 1.82) is 0 Å². The summed E-state index contributed by atoms with van der Waals surface area (Å²) in [6, 6.07) is 8.15. The first-order valence-corrected chi connectivity index (χ1v) is 16.5. The maximum absolute atomic E-state index is 14.2. The molecular weight excluding hydrogens is 556 g/mol. The first kappa shape index (κ1) is 30.8. The van der Waals surface area contributed by atoms with Crippen LogP contribution >= 0.6 is 0 Å². The van der Waals surface area contributed by atoms with Crippen LogP contribution in [-0.2, 0) is 21.4 Å². The van der Waals surface area contributed by atoms with Gasteiger partial charge in [-0.15, -0.1) is 0 Å². The van der Waals surface area contributed by atoms with E-state index in [-0.39, 0.29) is 34.5 Å². The molecule has 4 aliphatic rings. The molecule has 2 aromatic rings. The minimum Gasteiger partial charge on any atom is -0.379 e. The first-order chi connectivity index (χ1) is 21.2. The number of nitrogens with zero attached hydrogens (tertiary/aromatic N) is 3. The Labute approximate surface area is 260 Å². The fourth-order valence-corrected chi connectivity index (χ4v) is 7.43. The molecule has 6 rings (SSSR count). The van der Waals surface area contributed by atoms with Gasteiger partial charge in [0.1, 0.15) is 17.8 Å². The minimum atomic E-state index is -0.680. The highest BCUT2D eigenvalue weighted by Crippen LogP contribution is 2.58. The van der Waals surface area contributed by atoms with Gasteiger partial charge in [-0.2, -0.15) is 5.10 Å². The molecule has 10 heteroatoms. The molecule has 0 spiro atoms. The fourth-order valence-electron chi connectivity index (χ4n) is 7.43. The lowest BCUT2D eigenvalue weighted by Crippen LogP contribution is -2.54. The number of ether oxygens (including phenoxy) is 1. The number of aryl methyl sites for hydroxylation is 1. The summed E-state index contributed by atoms with van der Waals surface area (Å²) < 4.78 is 7.13. The molecule has 44 heavy (non-hydrogen) atoms. The van der Waals surface area contributed by atoms with E-state index in [0.717, 1.165) is 50.5 Å². The summed E-state index contributed by atoms with van der Waals surface area (Å²) in [5.41, 5.74) is 2.09. The van der Waals surface area contributed by atoms with Gasteiger partial charge in [-0.05, 0) is 72.1 Å². The molecule has 3 amide bonds. The molecule has 1 aromatic heterocycles. The second-order valence-corrected chi connectivity index (χ2v) is 14.2. The number of amides is 3. The Hall–Kier alpha value is -3.24. The Morgan fingerprint density at radius 2 is 1.77 bits per heavy atom. The van der Waals surface area contributed by atoms with Crippen molar-refractivity contribution in [2.75, 3.05) is 38.2 Å². The standard InChI is InChI=1S/C34H48N6O4/c1-33(12-6-13-33)22-35-32(43)29(40-17-19-44-20-18-40)24-9-5-10-25(21-24)37-31(42)28(38-30(41)26-11-16-36-39(26)3)27(23-7-4-8-23)34(2)14-15-34/h5,9-11,16,21,23,27-29H,4,6-8,12-15,17-20,22H2,1-3H3,(H,35,43)(H,37,42)(H,38,41)/t27?,28-,29?/m0/s1. The van der Waals surface area contributed by atoms with E-state index < -0.39 is 12.1 Å². The molecule has 10 nitrogen and oxygen atoms in total. The average Bonchev–Trinajstić information content (AvgIpc) is 3.57. The highest BCUT2D eigenvalue weighted by Gasteiger charge is 2.54. The molecule has 2 heterocycles. The number of nitrogens with one attached hydrogen (secondary N) is 3. The highest BCUT2D eigenvalue weighted by molar-refractivity contribution is 6.01. The van der Waals surface area contributed by atoms with Crippen LogP contribution in [0.25, 0.3) is 0 Å². The second kappa shape index (κ2) is 12.6. The number of rotatable bonds is 12. The van der Waals surface area contributed by atoms with Crippen molar-refractivity contribution in [3.8, 4) is 0 Å². The van der Waals surface area contributed by atoms with Gasteiger partial charge in [-0.3, -0.25) is 24.0 Å². The predicted molar refractivity (Wildman–Crippen MR) is 168 cm³/mol. The molecule has 2 unspecified atom stereocenters. The Morgan fingerprint density at radius 3 is 2.36 bits per heavy atom. The van der Waals surface area contributed by atoms with Crippen LogP contribution in [0.1, 0.15) is 87.3 Å². The lowest BCUT2D eigenvalue weighted by atomic mass is 9.66. The van der Waals surface area contributed by atoms with Crippen molar-refractivity contribution >= 4 is 23.4 Å². The molecule has 238 valence electrons. The summed E-state index contributed by atoms with van der Waals surface area (Å²) in [7, 11) is 1.73. The third-order valence-electron chi connectivity index (χ3n) is 10.9.